The quantitative estimate of drug-likeness (QED) is 0.766. The fraction of sp³-hybridized carbons (Fsp3) is 0.600. The number of hydrogen-bond donors (Lipinski definition) is 3. The molecule has 3 N–H and O–H groups in total. The summed E-state index contributed by atoms with van der Waals surface area (Å²) in [6.45, 7) is 12.0. The van der Waals surface area contributed by atoms with Gasteiger partial charge in [0.25, 0.3) is 5.91 Å². The number of carbonyl (C=O) groups excluding carboxylic acids is 2. The molecule has 25 heavy (non-hydrogen) atoms. The van der Waals surface area contributed by atoms with Gasteiger partial charge in [-0.15, -0.1) is 0 Å². The van der Waals surface area contributed by atoms with Crippen LogP contribution >= 0.6 is 0 Å². The van der Waals surface area contributed by atoms with E-state index in [0.717, 1.165) is 19.5 Å². The molecule has 5 heteroatoms. The largest absolute Gasteiger partial charge is 0.350 e. The van der Waals surface area contributed by atoms with Gasteiger partial charge < -0.3 is 16.0 Å². The van der Waals surface area contributed by atoms with Crippen molar-refractivity contribution in [2.45, 2.75) is 58.5 Å². The molecule has 1 aliphatic heterocycles. The van der Waals surface area contributed by atoms with Crippen molar-refractivity contribution in [1.82, 2.24) is 16.0 Å². The molecular formula is C20H31N3O2. The molecule has 1 heterocycles. The Labute approximate surface area is 151 Å². The van der Waals surface area contributed by atoms with E-state index in [1.54, 1.807) is 0 Å². The lowest BCUT2D eigenvalue weighted by Crippen LogP contribution is -2.52. The Balaban J connectivity index is 2.02. The maximum Gasteiger partial charge on any atom is 0.251 e. The second-order valence-electron chi connectivity index (χ2n) is 8.22. The van der Waals surface area contributed by atoms with E-state index in [1.807, 2.05) is 38.1 Å². The highest BCUT2D eigenvalue weighted by Gasteiger charge is 2.27. The molecule has 0 spiro atoms. The summed E-state index contributed by atoms with van der Waals surface area (Å²) in [5, 5.41) is 9.15. The molecule has 0 bridgehead atoms. The molecule has 5 nitrogen and oxygen atoms in total. The molecule has 1 aromatic rings. The number of benzene rings is 1. The molecule has 0 radical (unpaired) electrons. The van der Waals surface area contributed by atoms with Gasteiger partial charge >= 0.3 is 0 Å². The molecular weight excluding hydrogens is 314 g/mol. The van der Waals surface area contributed by atoms with Crippen molar-refractivity contribution in [3.63, 3.8) is 0 Å². The third-order valence-corrected chi connectivity index (χ3v) is 4.66. The van der Waals surface area contributed by atoms with E-state index >= 15 is 0 Å². The number of nitrogens with one attached hydrogen (secondary N) is 3. The maximum absolute atomic E-state index is 12.6. The van der Waals surface area contributed by atoms with Crippen molar-refractivity contribution >= 4 is 11.8 Å². The van der Waals surface area contributed by atoms with Crippen molar-refractivity contribution in [1.29, 1.82) is 0 Å². The molecule has 138 valence electrons. The van der Waals surface area contributed by atoms with Crippen LogP contribution in [0.1, 0.15) is 57.0 Å². The normalized spacial score (nSPS) is 18.9. The van der Waals surface area contributed by atoms with E-state index in [0.29, 0.717) is 5.56 Å². The van der Waals surface area contributed by atoms with Crippen LogP contribution in [0.2, 0.25) is 0 Å². The van der Waals surface area contributed by atoms with Crippen LogP contribution < -0.4 is 16.0 Å². The van der Waals surface area contributed by atoms with Gasteiger partial charge in [-0.2, -0.15) is 0 Å². The van der Waals surface area contributed by atoms with Crippen LogP contribution in [0.4, 0.5) is 0 Å². The summed E-state index contributed by atoms with van der Waals surface area (Å²) in [7, 11) is 0. The van der Waals surface area contributed by atoms with Crippen LogP contribution in [0, 0.1) is 5.92 Å². The minimum Gasteiger partial charge on any atom is -0.350 e. The minimum atomic E-state index is -0.532. The summed E-state index contributed by atoms with van der Waals surface area (Å²) in [5.41, 5.74) is 1.80. The van der Waals surface area contributed by atoms with E-state index in [4.69, 9.17) is 0 Å². The molecule has 1 saturated heterocycles. The van der Waals surface area contributed by atoms with Crippen LogP contribution in [0.25, 0.3) is 0 Å². The van der Waals surface area contributed by atoms with E-state index < -0.39 is 6.04 Å². The number of amides is 2. The zero-order valence-electron chi connectivity index (χ0n) is 16.0. The van der Waals surface area contributed by atoms with E-state index in [9.17, 15) is 9.59 Å². The van der Waals surface area contributed by atoms with Gasteiger partial charge in [-0.05, 0) is 42.0 Å². The molecule has 1 aromatic carbocycles. The van der Waals surface area contributed by atoms with Crippen LogP contribution in [-0.2, 0) is 10.2 Å². The molecule has 2 unspecified atom stereocenters. The van der Waals surface area contributed by atoms with Crippen LogP contribution in [0.5, 0.6) is 0 Å². The summed E-state index contributed by atoms with van der Waals surface area (Å²) in [5.74, 6) is -0.297. The van der Waals surface area contributed by atoms with Crippen LogP contribution in [-0.4, -0.2) is 37.0 Å². The van der Waals surface area contributed by atoms with Gasteiger partial charge in [0, 0.05) is 18.2 Å². The molecule has 2 rings (SSSR count). The lowest BCUT2D eigenvalue weighted by molar-refractivity contribution is -0.124. The zero-order chi connectivity index (χ0) is 18.6. The summed E-state index contributed by atoms with van der Waals surface area (Å²) >= 11 is 0. The molecule has 0 aliphatic carbocycles. The number of rotatable bonds is 5. The third-order valence-electron chi connectivity index (χ3n) is 4.66. The van der Waals surface area contributed by atoms with Gasteiger partial charge in [0.2, 0.25) is 5.91 Å². The van der Waals surface area contributed by atoms with Gasteiger partial charge in [0.05, 0.1) is 0 Å². The summed E-state index contributed by atoms with van der Waals surface area (Å²) < 4.78 is 0. The summed E-state index contributed by atoms with van der Waals surface area (Å²) in [6, 6.07) is 7.22. The van der Waals surface area contributed by atoms with Gasteiger partial charge in [0.15, 0.2) is 0 Å². The monoisotopic (exact) mass is 345 g/mol. The number of hydrogen-bond acceptors (Lipinski definition) is 3. The second kappa shape index (κ2) is 8.00. The smallest absolute Gasteiger partial charge is 0.251 e. The highest BCUT2D eigenvalue weighted by Crippen LogP contribution is 2.22. The summed E-state index contributed by atoms with van der Waals surface area (Å²) in [4.78, 5) is 25.1. The molecule has 2 atom stereocenters. The highest BCUT2D eigenvalue weighted by molar-refractivity contribution is 5.97. The summed E-state index contributed by atoms with van der Waals surface area (Å²) in [6.07, 6.45) is 0.929. The highest BCUT2D eigenvalue weighted by atomic mass is 16.2. The first-order chi connectivity index (χ1) is 11.7. The first-order valence-electron chi connectivity index (χ1n) is 9.11. The lowest BCUT2D eigenvalue weighted by Gasteiger charge is -2.24. The lowest BCUT2D eigenvalue weighted by atomic mass is 9.86. The molecule has 1 aliphatic rings. The van der Waals surface area contributed by atoms with Gasteiger partial charge in [-0.1, -0.05) is 46.8 Å². The van der Waals surface area contributed by atoms with E-state index in [2.05, 4.69) is 36.7 Å². The van der Waals surface area contributed by atoms with Crippen molar-refractivity contribution in [2.75, 3.05) is 13.1 Å². The number of carbonyl (C=O) groups is 2. The predicted octanol–water partition coefficient (Wildman–Crippen LogP) is 2.22. The molecule has 0 aromatic heterocycles. The van der Waals surface area contributed by atoms with Crippen molar-refractivity contribution in [3.05, 3.63) is 35.4 Å². The van der Waals surface area contributed by atoms with Gasteiger partial charge in [-0.3, -0.25) is 9.59 Å². The Bertz CT molecular complexity index is 596. The average molecular weight is 345 g/mol. The van der Waals surface area contributed by atoms with E-state index in [1.165, 1.54) is 5.56 Å². The Morgan fingerprint density at radius 1 is 1.16 bits per heavy atom. The van der Waals surface area contributed by atoms with Crippen LogP contribution in [0.3, 0.4) is 0 Å². The fourth-order valence-corrected chi connectivity index (χ4v) is 2.95. The fourth-order valence-electron chi connectivity index (χ4n) is 2.95. The average Bonchev–Trinajstić information content (AvgIpc) is 3.04. The Kier molecular flexibility index (Phi) is 6.22. The third kappa shape index (κ3) is 5.30. The van der Waals surface area contributed by atoms with Gasteiger partial charge in [-0.25, -0.2) is 0 Å². The zero-order valence-corrected chi connectivity index (χ0v) is 16.0. The topological polar surface area (TPSA) is 70.2 Å². The van der Waals surface area contributed by atoms with Crippen molar-refractivity contribution < 1.29 is 9.59 Å². The molecule has 1 fully saturated rings. The van der Waals surface area contributed by atoms with E-state index in [-0.39, 0.29) is 29.2 Å². The first kappa shape index (κ1) is 19.4. The van der Waals surface area contributed by atoms with Crippen LogP contribution in [0.15, 0.2) is 24.3 Å². The predicted molar refractivity (Wildman–Crippen MR) is 101 cm³/mol. The minimum absolute atomic E-state index is 0.0205. The Hall–Kier alpha value is -1.88. The first-order valence-corrected chi connectivity index (χ1v) is 9.11. The SMILES string of the molecule is CC(C)C(NC(=O)c1ccc(C(C)(C)C)cc1)C(=O)NC1CCNC1. The maximum atomic E-state index is 12.6. The van der Waals surface area contributed by atoms with Gasteiger partial charge in [0.1, 0.15) is 6.04 Å². The van der Waals surface area contributed by atoms with Crippen molar-refractivity contribution in [2.24, 2.45) is 5.92 Å². The molecule has 2 amide bonds. The molecule has 0 saturated carbocycles. The standard InChI is InChI=1S/C20H31N3O2/c1-13(2)17(19(25)22-16-10-11-21-12-16)23-18(24)14-6-8-15(9-7-14)20(3,4)5/h6-9,13,16-17,21H,10-12H2,1-5H3,(H,22,25)(H,23,24). The Morgan fingerprint density at radius 2 is 1.80 bits per heavy atom. The van der Waals surface area contributed by atoms with Crippen molar-refractivity contribution in [3.8, 4) is 0 Å². The Morgan fingerprint density at radius 3 is 2.28 bits per heavy atom. The second-order valence-corrected chi connectivity index (χ2v) is 8.22.